The number of carbonyl (C=O) groups excluding carboxylic acids is 2. The Kier molecular flexibility index (Phi) is 5.81. The molecule has 22 heavy (non-hydrogen) atoms. The molecule has 0 aliphatic carbocycles. The molecule has 1 aromatic rings. The summed E-state index contributed by atoms with van der Waals surface area (Å²) in [5, 5.41) is 3.01. The highest BCUT2D eigenvalue weighted by Crippen LogP contribution is 2.20. The van der Waals surface area contributed by atoms with Crippen LogP contribution in [0, 0.1) is 0 Å². The van der Waals surface area contributed by atoms with E-state index in [9.17, 15) is 9.59 Å². The summed E-state index contributed by atoms with van der Waals surface area (Å²) in [4.78, 5) is 25.6. The number of methoxy groups -OCH3 is 1. The minimum absolute atomic E-state index is 0.0432. The molecule has 5 heteroatoms. The van der Waals surface area contributed by atoms with Gasteiger partial charge in [0.25, 0.3) is 0 Å². The summed E-state index contributed by atoms with van der Waals surface area (Å²) in [5.74, 6) is 0.778. The second-order valence-corrected chi connectivity index (χ2v) is 5.57. The zero-order chi connectivity index (χ0) is 15.9. The number of nitrogens with one attached hydrogen (secondary N) is 1. The minimum atomic E-state index is -0.0991. The van der Waals surface area contributed by atoms with E-state index in [1.165, 1.54) is 0 Å². The summed E-state index contributed by atoms with van der Waals surface area (Å²) in [6.45, 7) is 2.87. The largest absolute Gasteiger partial charge is 0.497 e. The molecule has 1 aliphatic rings. The number of hydrogen-bond donors (Lipinski definition) is 1. The van der Waals surface area contributed by atoms with Crippen LogP contribution in [0.5, 0.6) is 5.75 Å². The molecule has 1 atom stereocenters. The zero-order valence-corrected chi connectivity index (χ0v) is 13.3. The highest BCUT2D eigenvalue weighted by molar-refractivity contribution is 5.85. The summed E-state index contributed by atoms with van der Waals surface area (Å²) in [5.41, 5.74) is 1.04. The fourth-order valence-electron chi connectivity index (χ4n) is 2.70. The summed E-state index contributed by atoms with van der Waals surface area (Å²) < 4.78 is 5.14. The number of likely N-dealkylation sites (tertiary alicyclic amines) is 1. The number of piperidine rings is 1. The molecule has 0 spiro atoms. The molecule has 1 aromatic carbocycles. The Morgan fingerprint density at radius 3 is 2.64 bits per heavy atom. The van der Waals surface area contributed by atoms with Gasteiger partial charge in [-0.25, -0.2) is 0 Å². The third-order valence-corrected chi connectivity index (χ3v) is 4.02. The quantitative estimate of drug-likeness (QED) is 0.877. The van der Waals surface area contributed by atoms with Crippen molar-refractivity contribution in [2.45, 2.75) is 38.6 Å². The van der Waals surface area contributed by atoms with Crippen LogP contribution in [0.15, 0.2) is 24.3 Å². The van der Waals surface area contributed by atoms with Crippen molar-refractivity contribution < 1.29 is 14.3 Å². The normalized spacial score (nSPS) is 16.3. The van der Waals surface area contributed by atoms with Gasteiger partial charge in [-0.2, -0.15) is 0 Å². The molecule has 0 saturated carbocycles. The van der Waals surface area contributed by atoms with E-state index in [4.69, 9.17) is 4.74 Å². The van der Waals surface area contributed by atoms with Crippen molar-refractivity contribution in [2.24, 2.45) is 0 Å². The van der Waals surface area contributed by atoms with Gasteiger partial charge >= 0.3 is 0 Å². The lowest BCUT2D eigenvalue weighted by Crippen LogP contribution is -2.43. The second kappa shape index (κ2) is 7.82. The monoisotopic (exact) mass is 304 g/mol. The topological polar surface area (TPSA) is 58.6 Å². The van der Waals surface area contributed by atoms with Crippen molar-refractivity contribution in [3.8, 4) is 5.75 Å². The average Bonchev–Trinajstić information content (AvgIpc) is 2.55. The van der Waals surface area contributed by atoms with Crippen molar-refractivity contribution in [2.75, 3.05) is 20.2 Å². The number of amides is 2. The van der Waals surface area contributed by atoms with E-state index in [-0.39, 0.29) is 24.4 Å². The molecule has 1 unspecified atom stereocenters. The van der Waals surface area contributed by atoms with Crippen LogP contribution in [0.4, 0.5) is 0 Å². The Morgan fingerprint density at radius 1 is 1.32 bits per heavy atom. The van der Waals surface area contributed by atoms with Crippen molar-refractivity contribution in [3.05, 3.63) is 29.8 Å². The summed E-state index contributed by atoms with van der Waals surface area (Å²) in [6.07, 6.45) is 3.27. The maximum absolute atomic E-state index is 12.2. The molecule has 1 heterocycles. The van der Waals surface area contributed by atoms with Gasteiger partial charge in [-0.3, -0.25) is 9.59 Å². The van der Waals surface area contributed by atoms with Gasteiger partial charge in [0.05, 0.1) is 19.7 Å². The van der Waals surface area contributed by atoms with Crippen LogP contribution in [0.2, 0.25) is 0 Å². The SMILES string of the molecule is CCC(NC(=O)CN1CCCCC1=O)c1ccc(OC)cc1. The lowest BCUT2D eigenvalue weighted by atomic mass is 10.0. The first-order valence-corrected chi connectivity index (χ1v) is 7.85. The maximum atomic E-state index is 12.2. The molecular formula is C17H24N2O3. The third kappa shape index (κ3) is 4.23. The van der Waals surface area contributed by atoms with E-state index in [2.05, 4.69) is 5.32 Å². The van der Waals surface area contributed by atoms with E-state index in [0.29, 0.717) is 13.0 Å². The van der Waals surface area contributed by atoms with E-state index in [0.717, 1.165) is 30.6 Å². The van der Waals surface area contributed by atoms with Crippen molar-refractivity contribution in [1.29, 1.82) is 0 Å². The van der Waals surface area contributed by atoms with Gasteiger partial charge in [0.2, 0.25) is 11.8 Å². The highest BCUT2D eigenvalue weighted by atomic mass is 16.5. The number of carbonyl (C=O) groups is 2. The predicted octanol–water partition coefficient (Wildman–Crippen LogP) is 2.27. The van der Waals surface area contributed by atoms with Gasteiger partial charge in [-0.05, 0) is 37.0 Å². The van der Waals surface area contributed by atoms with Crippen LogP contribution < -0.4 is 10.1 Å². The Bertz CT molecular complexity index is 513. The van der Waals surface area contributed by atoms with Crippen LogP contribution >= 0.6 is 0 Å². The number of benzene rings is 1. The fourth-order valence-corrected chi connectivity index (χ4v) is 2.70. The first kappa shape index (κ1) is 16.3. The predicted molar refractivity (Wildman–Crippen MR) is 84.6 cm³/mol. The van der Waals surface area contributed by atoms with Gasteiger partial charge in [0.1, 0.15) is 5.75 Å². The molecule has 1 N–H and O–H groups in total. The van der Waals surface area contributed by atoms with Gasteiger partial charge < -0.3 is 15.0 Å². The Morgan fingerprint density at radius 2 is 2.05 bits per heavy atom. The number of ether oxygens (including phenoxy) is 1. The van der Waals surface area contributed by atoms with E-state index >= 15 is 0 Å². The molecule has 0 radical (unpaired) electrons. The van der Waals surface area contributed by atoms with Crippen molar-refractivity contribution in [1.82, 2.24) is 10.2 Å². The molecular weight excluding hydrogens is 280 g/mol. The fraction of sp³-hybridized carbons (Fsp3) is 0.529. The summed E-state index contributed by atoms with van der Waals surface area (Å²) in [7, 11) is 1.63. The van der Waals surface area contributed by atoms with Gasteiger partial charge in [0.15, 0.2) is 0 Å². The molecule has 0 aromatic heterocycles. The Balaban J connectivity index is 1.93. The molecule has 1 saturated heterocycles. The van der Waals surface area contributed by atoms with Crippen LogP contribution in [0.25, 0.3) is 0 Å². The van der Waals surface area contributed by atoms with Crippen molar-refractivity contribution >= 4 is 11.8 Å². The number of rotatable bonds is 6. The Hall–Kier alpha value is -2.04. The number of hydrogen-bond acceptors (Lipinski definition) is 3. The summed E-state index contributed by atoms with van der Waals surface area (Å²) >= 11 is 0. The first-order valence-electron chi connectivity index (χ1n) is 7.85. The Labute approximate surface area is 131 Å². The molecule has 1 fully saturated rings. The maximum Gasteiger partial charge on any atom is 0.240 e. The highest BCUT2D eigenvalue weighted by Gasteiger charge is 2.21. The molecule has 2 rings (SSSR count). The molecule has 5 nitrogen and oxygen atoms in total. The lowest BCUT2D eigenvalue weighted by Gasteiger charge is -2.27. The van der Waals surface area contributed by atoms with E-state index in [1.807, 2.05) is 31.2 Å². The third-order valence-electron chi connectivity index (χ3n) is 4.02. The lowest BCUT2D eigenvalue weighted by molar-refractivity contribution is -0.138. The average molecular weight is 304 g/mol. The van der Waals surface area contributed by atoms with E-state index in [1.54, 1.807) is 12.0 Å². The van der Waals surface area contributed by atoms with Crippen LogP contribution in [0.3, 0.4) is 0 Å². The van der Waals surface area contributed by atoms with Gasteiger partial charge in [0, 0.05) is 13.0 Å². The van der Waals surface area contributed by atoms with Gasteiger partial charge in [-0.1, -0.05) is 19.1 Å². The smallest absolute Gasteiger partial charge is 0.240 e. The molecule has 2 amide bonds. The molecule has 0 bridgehead atoms. The summed E-state index contributed by atoms with van der Waals surface area (Å²) in [6, 6.07) is 7.65. The van der Waals surface area contributed by atoms with Crippen LogP contribution in [-0.4, -0.2) is 36.9 Å². The number of nitrogens with zero attached hydrogens (tertiary/aromatic N) is 1. The minimum Gasteiger partial charge on any atom is -0.497 e. The standard InChI is InChI=1S/C17H24N2O3/c1-3-15(13-7-9-14(22-2)10-8-13)18-16(20)12-19-11-5-4-6-17(19)21/h7-10,15H,3-6,11-12H2,1-2H3,(H,18,20). The zero-order valence-electron chi connectivity index (χ0n) is 13.3. The second-order valence-electron chi connectivity index (χ2n) is 5.57. The molecule has 1 aliphatic heterocycles. The van der Waals surface area contributed by atoms with Gasteiger partial charge in [-0.15, -0.1) is 0 Å². The van der Waals surface area contributed by atoms with E-state index < -0.39 is 0 Å². The first-order chi connectivity index (χ1) is 10.6. The molecule has 120 valence electrons. The van der Waals surface area contributed by atoms with Crippen LogP contribution in [0.1, 0.15) is 44.2 Å². The van der Waals surface area contributed by atoms with Crippen molar-refractivity contribution in [3.63, 3.8) is 0 Å². The van der Waals surface area contributed by atoms with Crippen LogP contribution in [-0.2, 0) is 9.59 Å².